The lowest BCUT2D eigenvalue weighted by Crippen LogP contribution is -2.17. The smallest absolute Gasteiger partial charge is 0.240 e. The van der Waals surface area contributed by atoms with E-state index in [9.17, 15) is 4.79 Å². The van der Waals surface area contributed by atoms with Gasteiger partial charge in [0.15, 0.2) is 0 Å². The van der Waals surface area contributed by atoms with E-state index >= 15 is 0 Å². The summed E-state index contributed by atoms with van der Waals surface area (Å²) in [6.45, 7) is 2.26. The molecule has 1 N–H and O–H groups in total. The second kappa shape index (κ2) is 9.39. The number of carbonyl (C=O) groups is 1. The number of hydrogen-bond donors (Lipinski definition) is 1. The zero-order chi connectivity index (χ0) is 14.8. The lowest BCUT2D eigenvalue weighted by Gasteiger charge is -2.07. The van der Waals surface area contributed by atoms with Gasteiger partial charge in [-0.15, -0.1) is 0 Å². The van der Waals surface area contributed by atoms with Crippen LogP contribution in [0.3, 0.4) is 0 Å². The lowest BCUT2D eigenvalue weighted by molar-refractivity contribution is -0.121. The molecule has 0 atom stereocenters. The number of nitrogens with one attached hydrogen (secondary N) is 1. The maximum Gasteiger partial charge on any atom is 0.240 e. The van der Waals surface area contributed by atoms with E-state index < -0.39 is 0 Å². The second-order valence-electron chi connectivity index (χ2n) is 3.87. The molecule has 1 aromatic carbocycles. The second-order valence-corrected chi connectivity index (χ2v) is 4.71. The largest absolute Gasteiger partial charge is 0.492 e. The van der Waals surface area contributed by atoms with Crippen molar-refractivity contribution in [2.24, 2.45) is 5.10 Å². The summed E-state index contributed by atoms with van der Waals surface area (Å²) in [6.07, 6.45) is 5.97. The van der Waals surface area contributed by atoms with Crippen LogP contribution in [0.2, 0.25) is 10.0 Å². The third kappa shape index (κ3) is 6.59. The summed E-state index contributed by atoms with van der Waals surface area (Å²) in [5.74, 6) is 0.402. The molecular formula is C14H16Cl2N2O2. The fourth-order valence-corrected chi connectivity index (χ4v) is 1.76. The van der Waals surface area contributed by atoms with Crippen molar-refractivity contribution in [3.8, 4) is 5.75 Å². The van der Waals surface area contributed by atoms with Crippen molar-refractivity contribution >= 4 is 35.3 Å². The van der Waals surface area contributed by atoms with Crippen molar-refractivity contribution in [2.75, 3.05) is 6.61 Å². The topological polar surface area (TPSA) is 50.7 Å². The molecule has 0 aliphatic carbocycles. The predicted molar refractivity (Wildman–Crippen MR) is 82.6 cm³/mol. The molecular weight excluding hydrogens is 299 g/mol. The summed E-state index contributed by atoms with van der Waals surface area (Å²) in [5, 5.41) is 4.75. The molecule has 1 rings (SSSR count). The molecule has 4 nitrogen and oxygen atoms in total. The van der Waals surface area contributed by atoms with Gasteiger partial charge in [-0.25, -0.2) is 5.43 Å². The van der Waals surface area contributed by atoms with Crippen LogP contribution in [0.25, 0.3) is 0 Å². The standard InChI is InChI=1S/C14H16Cl2N2O2/c1-2-3-8-17-18-14(19)5-4-9-20-13-7-6-11(15)10-12(13)16/h2-3,6-8,10H,4-5,9H2,1H3,(H,18,19)/b3-2+,17-8+. The molecule has 0 saturated heterocycles. The van der Waals surface area contributed by atoms with E-state index in [1.165, 1.54) is 6.21 Å². The Morgan fingerprint density at radius 3 is 2.95 bits per heavy atom. The molecule has 20 heavy (non-hydrogen) atoms. The Bertz CT molecular complexity index is 502. The van der Waals surface area contributed by atoms with Crippen LogP contribution in [0.15, 0.2) is 35.5 Å². The Hall–Kier alpha value is -1.52. The van der Waals surface area contributed by atoms with Crippen LogP contribution in [0, 0.1) is 0 Å². The number of hydrazone groups is 1. The van der Waals surface area contributed by atoms with Gasteiger partial charge in [-0.2, -0.15) is 5.10 Å². The molecule has 108 valence electrons. The van der Waals surface area contributed by atoms with Crippen LogP contribution in [0.5, 0.6) is 5.75 Å². The number of nitrogens with zero attached hydrogens (tertiary/aromatic N) is 1. The van der Waals surface area contributed by atoms with E-state index in [0.717, 1.165) is 0 Å². The SMILES string of the molecule is C/C=C/C=N/NC(=O)CCCOc1ccc(Cl)cc1Cl. The first-order valence-corrected chi connectivity index (χ1v) is 6.90. The summed E-state index contributed by atoms with van der Waals surface area (Å²) in [6, 6.07) is 5.01. The molecule has 0 aliphatic rings. The molecule has 0 saturated carbocycles. The lowest BCUT2D eigenvalue weighted by atomic mass is 10.3. The minimum Gasteiger partial charge on any atom is -0.492 e. The normalized spacial score (nSPS) is 11.2. The van der Waals surface area contributed by atoms with Gasteiger partial charge < -0.3 is 4.74 Å². The summed E-state index contributed by atoms with van der Waals surface area (Å²) < 4.78 is 5.47. The van der Waals surface area contributed by atoms with Gasteiger partial charge in [0, 0.05) is 17.7 Å². The quantitative estimate of drug-likeness (QED) is 0.472. The fourth-order valence-electron chi connectivity index (χ4n) is 1.30. The van der Waals surface area contributed by atoms with Crippen LogP contribution >= 0.6 is 23.2 Å². The highest BCUT2D eigenvalue weighted by molar-refractivity contribution is 6.35. The molecule has 6 heteroatoms. The van der Waals surface area contributed by atoms with Crippen LogP contribution in [0.4, 0.5) is 0 Å². The molecule has 0 heterocycles. The molecule has 0 spiro atoms. The van der Waals surface area contributed by atoms with Gasteiger partial charge in [0.2, 0.25) is 5.91 Å². The third-order valence-electron chi connectivity index (χ3n) is 2.24. The van der Waals surface area contributed by atoms with E-state index in [-0.39, 0.29) is 5.91 Å². The Kier molecular flexibility index (Phi) is 7.77. The van der Waals surface area contributed by atoms with E-state index in [2.05, 4.69) is 10.5 Å². The molecule has 0 fully saturated rings. The summed E-state index contributed by atoms with van der Waals surface area (Å²) >= 11 is 11.7. The molecule has 0 bridgehead atoms. The number of halogens is 2. The van der Waals surface area contributed by atoms with Crippen molar-refractivity contribution < 1.29 is 9.53 Å². The Morgan fingerprint density at radius 1 is 1.45 bits per heavy atom. The monoisotopic (exact) mass is 314 g/mol. The van der Waals surface area contributed by atoms with E-state index in [0.29, 0.717) is 35.2 Å². The number of hydrogen-bond acceptors (Lipinski definition) is 3. The Morgan fingerprint density at radius 2 is 2.25 bits per heavy atom. The van der Waals surface area contributed by atoms with Gasteiger partial charge in [0.05, 0.1) is 11.6 Å². The Balaban J connectivity index is 2.23. The number of benzene rings is 1. The maximum absolute atomic E-state index is 11.4. The maximum atomic E-state index is 11.4. The van der Waals surface area contributed by atoms with Crippen molar-refractivity contribution in [2.45, 2.75) is 19.8 Å². The van der Waals surface area contributed by atoms with Crippen molar-refractivity contribution in [3.63, 3.8) is 0 Å². The van der Waals surface area contributed by atoms with Gasteiger partial charge in [-0.1, -0.05) is 29.3 Å². The minimum absolute atomic E-state index is 0.156. The fraction of sp³-hybridized carbons (Fsp3) is 0.286. The number of amides is 1. The van der Waals surface area contributed by atoms with Gasteiger partial charge in [-0.05, 0) is 37.6 Å². The van der Waals surface area contributed by atoms with E-state index in [1.54, 1.807) is 24.3 Å². The number of allylic oxidation sites excluding steroid dienone is 2. The van der Waals surface area contributed by atoms with Crippen LogP contribution in [-0.2, 0) is 4.79 Å². The third-order valence-corrected chi connectivity index (χ3v) is 2.77. The molecule has 1 amide bonds. The van der Waals surface area contributed by atoms with Gasteiger partial charge >= 0.3 is 0 Å². The van der Waals surface area contributed by atoms with Crippen molar-refractivity contribution in [3.05, 3.63) is 40.4 Å². The molecule has 0 aliphatic heterocycles. The molecule has 1 aromatic rings. The number of ether oxygens (including phenoxy) is 1. The summed E-state index contributed by atoms with van der Waals surface area (Å²) in [5.41, 5.74) is 2.42. The first-order chi connectivity index (χ1) is 9.63. The first kappa shape index (κ1) is 16.5. The summed E-state index contributed by atoms with van der Waals surface area (Å²) in [4.78, 5) is 11.4. The van der Waals surface area contributed by atoms with Crippen LogP contribution in [0.1, 0.15) is 19.8 Å². The Labute approximate surface area is 128 Å². The van der Waals surface area contributed by atoms with Gasteiger partial charge in [0.25, 0.3) is 0 Å². The summed E-state index contributed by atoms with van der Waals surface area (Å²) in [7, 11) is 0. The highest BCUT2D eigenvalue weighted by Gasteiger charge is 2.03. The van der Waals surface area contributed by atoms with E-state index in [1.807, 2.05) is 13.0 Å². The van der Waals surface area contributed by atoms with Gasteiger partial charge in [-0.3, -0.25) is 4.79 Å². The zero-order valence-corrected chi connectivity index (χ0v) is 12.6. The molecule has 0 radical (unpaired) electrons. The first-order valence-electron chi connectivity index (χ1n) is 6.14. The number of rotatable bonds is 7. The molecule has 0 unspecified atom stereocenters. The highest BCUT2D eigenvalue weighted by atomic mass is 35.5. The average Bonchev–Trinajstić information content (AvgIpc) is 2.41. The van der Waals surface area contributed by atoms with Crippen molar-refractivity contribution in [1.82, 2.24) is 5.43 Å². The van der Waals surface area contributed by atoms with Crippen LogP contribution < -0.4 is 10.2 Å². The number of carbonyl (C=O) groups excluding carboxylic acids is 1. The zero-order valence-electron chi connectivity index (χ0n) is 11.1. The van der Waals surface area contributed by atoms with Crippen LogP contribution in [-0.4, -0.2) is 18.7 Å². The van der Waals surface area contributed by atoms with Crippen molar-refractivity contribution in [1.29, 1.82) is 0 Å². The predicted octanol–water partition coefficient (Wildman–Crippen LogP) is 3.83. The minimum atomic E-state index is -0.156. The highest BCUT2D eigenvalue weighted by Crippen LogP contribution is 2.27. The van der Waals surface area contributed by atoms with E-state index in [4.69, 9.17) is 27.9 Å². The average molecular weight is 315 g/mol. The molecule has 0 aromatic heterocycles. The van der Waals surface area contributed by atoms with Gasteiger partial charge in [0.1, 0.15) is 5.75 Å².